The van der Waals surface area contributed by atoms with Crippen molar-refractivity contribution in [3.63, 3.8) is 0 Å². The van der Waals surface area contributed by atoms with E-state index in [1.54, 1.807) is 12.6 Å². The van der Waals surface area contributed by atoms with Gasteiger partial charge < -0.3 is 9.40 Å². The molecule has 78 valence electrons. The molecule has 3 nitrogen and oxygen atoms in total. The minimum absolute atomic E-state index is 0.322. The van der Waals surface area contributed by atoms with Gasteiger partial charge in [-0.05, 0) is 18.1 Å². The van der Waals surface area contributed by atoms with Gasteiger partial charge in [0.15, 0.2) is 0 Å². The van der Waals surface area contributed by atoms with Crippen LogP contribution in [0.4, 0.5) is 0 Å². The zero-order valence-corrected chi connectivity index (χ0v) is 9.47. The molecule has 0 aromatic carbocycles. The summed E-state index contributed by atoms with van der Waals surface area (Å²) >= 11 is 5.22. The Morgan fingerprint density at radius 3 is 2.87 bits per heavy atom. The van der Waals surface area contributed by atoms with Crippen molar-refractivity contribution in [2.24, 2.45) is 0 Å². The minimum Gasteiger partial charge on any atom is -0.463 e. The number of nitrogens with zero attached hydrogens (tertiary/aromatic N) is 1. The van der Waals surface area contributed by atoms with Crippen LogP contribution < -0.4 is 0 Å². The van der Waals surface area contributed by atoms with E-state index >= 15 is 0 Å². The molecule has 0 aliphatic carbocycles. The second-order valence-electron chi connectivity index (χ2n) is 3.63. The number of aromatic nitrogens is 2. The third-order valence-corrected chi connectivity index (χ3v) is 2.56. The monoisotopic (exact) mass is 220 g/mol. The normalized spacial score (nSPS) is 10.9. The van der Waals surface area contributed by atoms with Gasteiger partial charge in [-0.2, -0.15) is 0 Å². The number of aromatic amines is 1. The van der Waals surface area contributed by atoms with Gasteiger partial charge in [0.1, 0.15) is 10.4 Å². The maximum atomic E-state index is 5.36. The predicted octanol–water partition coefficient (Wildman–Crippen LogP) is 3.52. The van der Waals surface area contributed by atoms with Crippen LogP contribution in [0.5, 0.6) is 0 Å². The summed E-state index contributed by atoms with van der Waals surface area (Å²) in [5.41, 5.74) is 1.96. The molecule has 15 heavy (non-hydrogen) atoms. The molecular weight excluding hydrogens is 208 g/mol. The smallest absolute Gasteiger partial charge is 0.150 e. The van der Waals surface area contributed by atoms with Crippen molar-refractivity contribution in [1.29, 1.82) is 0 Å². The van der Waals surface area contributed by atoms with Crippen molar-refractivity contribution in [1.82, 2.24) is 9.97 Å². The summed E-state index contributed by atoms with van der Waals surface area (Å²) in [7, 11) is 0. The Hall–Kier alpha value is -1.42. The average Bonchev–Trinajstić information content (AvgIpc) is 2.69. The van der Waals surface area contributed by atoms with Gasteiger partial charge in [0, 0.05) is 5.56 Å². The lowest BCUT2D eigenvalue weighted by Crippen LogP contribution is -1.97. The van der Waals surface area contributed by atoms with E-state index in [-0.39, 0.29) is 0 Å². The Kier molecular flexibility index (Phi) is 2.68. The van der Waals surface area contributed by atoms with Crippen molar-refractivity contribution >= 4 is 12.2 Å². The van der Waals surface area contributed by atoms with Gasteiger partial charge in [-0.3, -0.25) is 0 Å². The van der Waals surface area contributed by atoms with Gasteiger partial charge in [-0.15, -0.1) is 0 Å². The van der Waals surface area contributed by atoms with Crippen molar-refractivity contribution < 1.29 is 4.42 Å². The largest absolute Gasteiger partial charge is 0.463 e. The topological polar surface area (TPSA) is 41.8 Å². The van der Waals surface area contributed by atoms with Crippen molar-refractivity contribution in [3.8, 4) is 11.5 Å². The van der Waals surface area contributed by atoms with Gasteiger partial charge in [0.2, 0.25) is 0 Å². The number of hydrogen-bond acceptors (Lipinski definition) is 3. The first kappa shape index (κ1) is 10.1. The third kappa shape index (κ3) is 1.85. The van der Waals surface area contributed by atoms with E-state index < -0.39 is 0 Å². The van der Waals surface area contributed by atoms with E-state index in [9.17, 15) is 0 Å². The fourth-order valence-corrected chi connectivity index (χ4v) is 1.96. The maximum Gasteiger partial charge on any atom is 0.150 e. The van der Waals surface area contributed by atoms with Gasteiger partial charge in [0.25, 0.3) is 0 Å². The molecular formula is C11H12N2OS. The van der Waals surface area contributed by atoms with Crippen molar-refractivity contribution in [2.45, 2.75) is 19.8 Å². The van der Waals surface area contributed by atoms with E-state index in [0.717, 1.165) is 17.0 Å². The molecule has 0 saturated carbocycles. The number of hydrogen-bond donors (Lipinski definition) is 1. The average molecular weight is 220 g/mol. The lowest BCUT2D eigenvalue weighted by molar-refractivity contribution is 0.578. The molecule has 2 heterocycles. The Morgan fingerprint density at radius 1 is 1.47 bits per heavy atom. The molecule has 2 aromatic heterocycles. The highest BCUT2D eigenvalue weighted by molar-refractivity contribution is 7.71. The van der Waals surface area contributed by atoms with E-state index in [1.165, 1.54) is 0 Å². The van der Waals surface area contributed by atoms with E-state index in [1.807, 2.05) is 12.1 Å². The van der Waals surface area contributed by atoms with Crippen LogP contribution in [0.15, 0.2) is 29.1 Å². The highest BCUT2D eigenvalue weighted by Crippen LogP contribution is 2.27. The van der Waals surface area contributed by atoms with E-state index in [2.05, 4.69) is 23.8 Å². The van der Waals surface area contributed by atoms with Gasteiger partial charge in [0.05, 0.1) is 18.3 Å². The van der Waals surface area contributed by atoms with Crippen molar-refractivity contribution in [3.05, 3.63) is 34.9 Å². The highest BCUT2D eigenvalue weighted by Gasteiger charge is 2.13. The summed E-state index contributed by atoms with van der Waals surface area (Å²) in [5.74, 6) is 1.12. The molecule has 0 spiro atoms. The summed E-state index contributed by atoms with van der Waals surface area (Å²) in [6, 6.07) is 3.77. The fraction of sp³-hybridized carbons (Fsp3) is 0.273. The molecule has 0 unspecified atom stereocenters. The molecule has 0 bridgehead atoms. The fourth-order valence-electron chi connectivity index (χ4n) is 1.57. The summed E-state index contributed by atoms with van der Waals surface area (Å²) in [6.45, 7) is 4.18. The summed E-state index contributed by atoms with van der Waals surface area (Å²) in [4.78, 5) is 7.18. The summed E-state index contributed by atoms with van der Waals surface area (Å²) in [5, 5.41) is 0. The van der Waals surface area contributed by atoms with Gasteiger partial charge in [-0.1, -0.05) is 26.1 Å². The number of nitrogens with one attached hydrogen (secondary N) is 1. The van der Waals surface area contributed by atoms with Gasteiger partial charge >= 0.3 is 0 Å². The van der Waals surface area contributed by atoms with E-state index in [4.69, 9.17) is 16.6 Å². The lowest BCUT2D eigenvalue weighted by Gasteiger charge is -2.09. The zero-order valence-electron chi connectivity index (χ0n) is 8.65. The molecule has 0 aliphatic heterocycles. The van der Waals surface area contributed by atoms with Gasteiger partial charge in [-0.25, -0.2) is 4.98 Å². The zero-order chi connectivity index (χ0) is 10.8. The van der Waals surface area contributed by atoms with Crippen LogP contribution in [0.25, 0.3) is 11.5 Å². The summed E-state index contributed by atoms with van der Waals surface area (Å²) in [6.07, 6.45) is 3.25. The molecule has 1 N–H and O–H groups in total. The first-order valence-corrected chi connectivity index (χ1v) is 5.22. The lowest BCUT2D eigenvalue weighted by atomic mass is 10.0. The molecule has 0 atom stereocenters. The first-order chi connectivity index (χ1) is 7.20. The maximum absolute atomic E-state index is 5.36. The van der Waals surface area contributed by atoms with Crippen LogP contribution >= 0.6 is 12.2 Å². The number of furan rings is 1. The minimum atomic E-state index is 0.322. The summed E-state index contributed by atoms with van der Waals surface area (Å²) < 4.78 is 5.99. The molecule has 0 saturated heterocycles. The molecule has 2 rings (SSSR count). The molecule has 0 aliphatic rings. The Morgan fingerprint density at radius 2 is 2.27 bits per heavy atom. The third-order valence-electron chi connectivity index (χ3n) is 2.24. The molecule has 2 aromatic rings. The predicted molar refractivity (Wildman–Crippen MR) is 61.2 cm³/mol. The van der Waals surface area contributed by atoms with Crippen LogP contribution in [-0.2, 0) is 0 Å². The molecule has 0 radical (unpaired) electrons. The number of H-pyrrole nitrogens is 1. The standard InChI is InChI=1S/C11H12N2OS/c1-7(2)9-10(8-4-3-5-14-8)12-6-13-11(9)15/h3-7H,1-2H3,(H,12,13,15). The van der Waals surface area contributed by atoms with Crippen LogP contribution in [0.3, 0.4) is 0 Å². The van der Waals surface area contributed by atoms with Crippen LogP contribution in [0.1, 0.15) is 25.3 Å². The Balaban J connectivity index is 2.67. The van der Waals surface area contributed by atoms with Crippen LogP contribution in [0, 0.1) is 4.64 Å². The molecule has 0 amide bonds. The second kappa shape index (κ2) is 3.98. The van der Waals surface area contributed by atoms with Crippen LogP contribution in [0.2, 0.25) is 0 Å². The highest BCUT2D eigenvalue weighted by atomic mass is 32.1. The van der Waals surface area contributed by atoms with Crippen molar-refractivity contribution in [2.75, 3.05) is 0 Å². The number of rotatable bonds is 2. The Bertz CT molecular complexity index is 500. The molecule has 0 fully saturated rings. The second-order valence-corrected chi connectivity index (χ2v) is 4.02. The van der Waals surface area contributed by atoms with E-state index in [0.29, 0.717) is 10.6 Å². The SMILES string of the molecule is CC(C)c1c(-c2ccco2)[nH]cnc1=S. The quantitative estimate of drug-likeness (QED) is 0.787. The first-order valence-electron chi connectivity index (χ1n) is 4.81. The van der Waals surface area contributed by atoms with Crippen LogP contribution in [-0.4, -0.2) is 9.97 Å². The molecule has 4 heteroatoms. The Labute approximate surface area is 93.2 Å².